The molecule has 0 radical (unpaired) electrons. The number of hydroxylamine groups is 2. The van der Waals surface area contributed by atoms with E-state index in [1.165, 1.54) is 17.2 Å². The Hall–Kier alpha value is -1.16. The van der Waals surface area contributed by atoms with Crippen LogP contribution in [0.1, 0.15) is 0 Å². The number of pyridine rings is 1. The second-order valence-electron chi connectivity index (χ2n) is 2.22. The van der Waals surface area contributed by atoms with E-state index in [9.17, 15) is 4.39 Å². The predicted molar refractivity (Wildman–Crippen MR) is 38.5 cm³/mol. The molecule has 0 aliphatic rings. The lowest BCUT2D eigenvalue weighted by atomic mass is 10.5. The molecular weight excluding hydrogens is 147 g/mol. The molecule has 0 aliphatic carbocycles. The molecule has 0 saturated heterocycles. The Labute approximate surface area is 64.4 Å². The van der Waals surface area contributed by atoms with Crippen molar-refractivity contribution in [3.8, 4) is 5.88 Å². The Balaban J connectivity index is 2.66. The maximum atomic E-state index is 12.3. The first-order valence-electron chi connectivity index (χ1n) is 3.15. The van der Waals surface area contributed by atoms with Gasteiger partial charge in [-0.1, -0.05) is 0 Å². The minimum atomic E-state index is -0.365. The summed E-state index contributed by atoms with van der Waals surface area (Å²) < 4.78 is 12.3. The van der Waals surface area contributed by atoms with Gasteiger partial charge in [0.1, 0.15) is 5.82 Å². The Bertz CT molecular complexity index is 222. The molecule has 0 fully saturated rings. The monoisotopic (exact) mass is 156 g/mol. The molecule has 0 saturated carbocycles. The number of aromatic nitrogens is 1. The second kappa shape index (κ2) is 3.30. The lowest BCUT2D eigenvalue weighted by molar-refractivity contribution is -0.00848. The van der Waals surface area contributed by atoms with Crippen molar-refractivity contribution in [2.45, 2.75) is 0 Å². The molecule has 0 bridgehead atoms. The van der Waals surface area contributed by atoms with Crippen molar-refractivity contribution in [3.05, 3.63) is 24.1 Å². The van der Waals surface area contributed by atoms with E-state index in [2.05, 4.69) is 4.98 Å². The van der Waals surface area contributed by atoms with Gasteiger partial charge in [0.15, 0.2) is 0 Å². The first kappa shape index (κ1) is 7.94. The van der Waals surface area contributed by atoms with Crippen LogP contribution in [0.15, 0.2) is 18.3 Å². The van der Waals surface area contributed by atoms with Crippen molar-refractivity contribution in [1.82, 2.24) is 10.0 Å². The van der Waals surface area contributed by atoms with Crippen LogP contribution in [0.3, 0.4) is 0 Å². The molecule has 1 aromatic heterocycles. The molecule has 0 amide bonds. The van der Waals surface area contributed by atoms with Crippen molar-refractivity contribution >= 4 is 0 Å². The van der Waals surface area contributed by atoms with E-state index in [4.69, 9.17) is 4.84 Å². The van der Waals surface area contributed by atoms with Crippen molar-refractivity contribution in [1.29, 1.82) is 0 Å². The van der Waals surface area contributed by atoms with Crippen molar-refractivity contribution < 1.29 is 9.23 Å². The Morgan fingerprint density at radius 3 is 2.64 bits per heavy atom. The van der Waals surface area contributed by atoms with E-state index in [1.54, 1.807) is 14.1 Å². The molecule has 3 nitrogen and oxygen atoms in total. The van der Waals surface area contributed by atoms with Crippen LogP contribution in [-0.2, 0) is 0 Å². The van der Waals surface area contributed by atoms with Gasteiger partial charge in [0.05, 0.1) is 6.20 Å². The molecule has 0 aromatic carbocycles. The zero-order chi connectivity index (χ0) is 8.27. The normalized spacial score (nSPS) is 10.2. The molecule has 0 atom stereocenters. The summed E-state index contributed by atoms with van der Waals surface area (Å²) in [6, 6.07) is 2.77. The van der Waals surface area contributed by atoms with Gasteiger partial charge in [-0.25, -0.2) is 9.37 Å². The first-order chi connectivity index (χ1) is 5.18. The Kier molecular flexibility index (Phi) is 2.38. The van der Waals surface area contributed by atoms with E-state index in [0.29, 0.717) is 5.88 Å². The molecule has 1 rings (SSSR count). The third-order valence-corrected chi connectivity index (χ3v) is 0.976. The molecule has 0 unspecified atom stereocenters. The highest BCUT2D eigenvalue weighted by Crippen LogP contribution is 2.06. The summed E-state index contributed by atoms with van der Waals surface area (Å²) in [7, 11) is 3.45. The van der Waals surface area contributed by atoms with Crippen LogP contribution in [-0.4, -0.2) is 24.1 Å². The summed E-state index contributed by atoms with van der Waals surface area (Å²) in [6.45, 7) is 0. The minimum absolute atomic E-state index is 0.365. The lowest BCUT2D eigenvalue weighted by Crippen LogP contribution is -2.16. The highest BCUT2D eigenvalue weighted by molar-refractivity contribution is 5.09. The maximum absolute atomic E-state index is 12.3. The minimum Gasteiger partial charge on any atom is -0.386 e. The number of halogens is 1. The molecule has 1 aromatic rings. The summed E-state index contributed by atoms with van der Waals surface area (Å²) in [5.41, 5.74) is 0. The molecule has 11 heavy (non-hydrogen) atoms. The fraction of sp³-hybridized carbons (Fsp3) is 0.286. The fourth-order valence-electron chi connectivity index (χ4n) is 0.603. The molecule has 0 spiro atoms. The van der Waals surface area contributed by atoms with Gasteiger partial charge >= 0.3 is 0 Å². The zero-order valence-electron chi connectivity index (χ0n) is 6.41. The Morgan fingerprint density at radius 2 is 2.18 bits per heavy atom. The van der Waals surface area contributed by atoms with Gasteiger partial charge in [-0.05, 0) is 6.07 Å². The van der Waals surface area contributed by atoms with E-state index < -0.39 is 0 Å². The van der Waals surface area contributed by atoms with Crippen molar-refractivity contribution in [2.24, 2.45) is 0 Å². The number of hydrogen-bond donors (Lipinski definition) is 0. The molecule has 0 N–H and O–H groups in total. The van der Waals surface area contributed by atoms with Crippen LogP contribution in [0.5, 0.6) is 5.88 Å². The van der Waals surface area contributed by atoms with Gasteiger partial charge in [-0.3, -0.25) is 0 Å². The quantitative estimate of drug-likeness (QED) is 0.599. The topological polar surface area (TPSA) is 25.4 Å². The SMILES string of the molecule is CN(C)Oc1ccc(F)cn1. The van der Waals surface area contributed by atoms with E-state index in [-0.39, 0.29) is 5.82 Å². The lowest BCUT2D eigenvalue weighted by Gasteiger charge is -2.09. The Morgan fingerprint density at radius 1 is 1.45 bits per heavy atom. The smallest absolute Gasteiger partial charge is 0.238 e. The second-order valence-corrected chi connectivity index (χ2v) is 2.22. The van der Waals surface area contributed by atoms with Crippen LogP contribution in [0.25, 0.3) is 0 Å². The van der Waals surface area contributed by atoms with Crippen LogP contribution in [0.2, 0.25) is 0 Å². The maximum Gasteiger partial charge on any atom is 0.238 e. The van der Waals surface area contributed by atoms with Crippen LogP contribution < -0.4 is 4.84 Å². The summed E-state index contributed by atoms with van der Waals surface area (Å²) in [6.07, 6.45) is 1.11. The third-order valence-electron chi connectivity index (χ3n) is 0.976. The van der Waals surface area contributed by atoms with Gasteiger partial charge in [-0.2, -0.15) is 0 Å². The first-order valence-corrected chi connectivity index (χ1v) is 3.15. The van der Waals surface area contributed by atoms with Crippen LogP contribution in [0.4, 0.5) is 4.39 Å². The van der Waals surface area contributed by atoms with E-state index >= 15 is 0 Å². The molecule has 4 heteroatoms. The zero-order valence-corrected chi connectivity index (χ0v) is 6.41. The highest BCUT2D eigenvalue weighted by atomic mass is 19.1. The average molecular weight is 156 g/mol. The van der Waals surface area contributed by atoms with Crippen molar-refractivity contribution in [3.63, 3.8) is 0 Å². The average Bonchev–Trinajstić information content (AvgIpc) is 1.93. The van der Waals surface area contributed by atoms with E-state index in [1.807, 2.05) is 0 Å². The molecular formula is C7H9FN2O. The number of nitrogens with zero attached hydrogens (tertiary/aromatic N) is 2. The van der Waals surface area contributed by atoms with Gasteiger partial charge in [0.25, 0.3) is 0 Å². The summed E-state index contributed by atoms with van der Waals surface area (Å²) in [5.74, 6) is 0.0208. The number of rotatable bonds is 2. The predicted octanol–water partition coefficient (Wildman–Crippen LogP) is 1.08. The molecule has 1 heterocycles. The van der Waals surface area contributed by atoms with Crippen LogP contribution >= 0.6 is 0 Å². The van der Waals surface area contributed by atoms with Crippen LogP contribution in [0, 0.1) is 5.82 Å². The highest BCUT2D eigenvalue weighted by Gasteiger charge is 1.96. The summed E-state index contributed by atoms with van der Waals surface area (Å²) in [4.78, 5) is 8.70. The molecule has 60 valence electrons. The summed E-state index contributed by atoms with van der Waals surface area (Å²) >= 11 is 0. The summed E-state index contributed by atoms with van der Waals surface area (Å²) in [5, 5.41) is 1.49. The van der Waals surface area contributed by atoms with Gasteiger partial charge in [0, 0.05) is 20.2 Å². The largest absolute Gasteiger partial charge is 0.386 e. The van der Waals surface area contributed by atoms with Gasteiger partial charge < -0.3 is 4.84 Å². The fourth-order valence-corrected chi connectivity index (χ4v) is 0.603. The number of hydrogen-bond acceptors (Lipinski definition) is 3. The van der Waals surface area contributed by atoms with Gasteiger partial charge in [-0.15, -0.1) is 5.06 Å². The molecule has 0 aliphatic heterocycles. The van der Waals surface area contributed by atoms with Gasteiger partial charge in [0.2, 0.25) is 5.88 Å². The van der Waals surface area contributed by atoms with Crippen molar-refractivity contribution in [2.75, 3.05) is 14.1 Å². The third kappa shape index (κ3) is 2.51. The van der Waals surface area contributed by atoms with E-state index in [0.717, 1.165) is 6.20 Å². The standard InChI is InChI=1S/C7H9FN2O/c1-10(2)11-7-4-3-6(8)5-9-7/h3-5H,1-2H3.